The van der Waals surface area contributed by atoms with Gasteiger partial charge in [-0.15, -0.1) is 0 Å². The smallest absolute Gasteiger partial charge is 0.305 e. The molecule has 0 unspecified atom stereocenters. The molecule has 0 aromatic heterocycles. The standard InChI is InChI=1S/C44H54F2N4O5S/c1-4-41(51)47-35-12-7-13-36(25-35)56(53,54)37-15-16-40(39(46)26-37)50-28-43(2,29-50)27-49-21-17-32(18-22-49)44(30-48-19-8-20-48,33-10-6-11-34(45)24-33)38-14-5-9-31(38)23-42(52)55-3/h4,6-7,10-13,15-16,24-26,31-32,38H,1,5,8-9,14,17-23,27-30H2,2-3H3,(H,47,51)/t31-,38+,44+/m1/s1. The van der Waals surface area contributed by atoms with E-state index in [9.17, 15) is 18.0 Å². The molecule has 0 bridgehead atoms. The van der Waals surface area contributed by atoms with Gasteiger partial charge in [0.15, 0.2) is 0 Å². The van der Waals surface area contributed by atoms with Crippen LogP contribution in [0.3, 0.4) is 0 Å². The summed E-state index contributed by atoms with van der Waals surface area (Å²) in [5, 5.41) is 2.56. The van der Waals surface area contributed by atoms with Crippen molar-refractivity contribution in [2.75, 3.05) is 69.7 Å². The number of anilines is 2. The molecule has 3 aromatic rings. The maximum absolute atomic E-state index is 15.6. The third kappa shape index (κ3) is 8.15. The predicted molar refractivity (Wildman–Crippen MR) is 213 cm³/mol. The molecule has 3 aliphatic heterocycles. The van der Waals surface area contributed by atoms with Gasteiger partial charge in [0, 0.05) is 49.1 Å². The van der Waals surface area contributed by atoms with E-state index >= 15 is 8.78 Å². The van der Waals surface area contributed by atoms with Gasteiger partial charge in [-0.3, -0.25) is 9.59 Å². The van der Waals surface area contributed by atoms with E-state index in [0.717, 1.165) is 89.1 Å². The number of rotatable bonds is 14. The van der Waals surface area contributed by atoms with Crippen molar-refractivity contribution in [3.05, 3.63) is 96.6 Å². The van der Waals surface area contributed by atoms with E-state index in [1.165, 1.54) is 49.9 Å². The number of piperidine rings is 1. The Balaban J connectivity index is 1.03. The van der Waals surface area contributed by atoms with Gasteiger partial charge in [0.05, 0.1) is 22.6 Å². The van der Waals surface area contributed by atoms with Crippen molar-refractivity contribution in [2.24, 2.45) is 23.2 Å². The van der Waals surface area contributed by atoms with E-state index in [4.69, 9.17) is 4.74 Å². The number of esters is 1. The summed E-state index contributed by atoms with van der Waals surface area (Å²) in [5.41, 5.74) is 1.39. The zero-order valence-electron chi connectivity index (χ0n) is 32.5. The van der Waals surface area contributed by atoms with Crippen molar-refractivity contribution in [3.8, 4) is 0 Å². The molecule has 4 aliphatic rings. The Bertz CT molecular complexity index is 2040. The predicted octanol–water partition coefficient (Wildman–Crippen LogP) is 7.08. The van der Waals surface area contributed by atoms with E-state index in [1.54, 1.807) is 12.1 Å². The summed E-state index contributed by atoms with van der Waals surface area (Å²) in [4.78, 5) is 31.2. The fourth-order valence-corrected chi connectivity index (χ4v) is 11.6. The number of benzene rings is 3. The number of nitrogens with zero attached hydrogens (tertiary/aromatic N) is 3. The third-order valence-corrected chi connectivity index (χ3v) is 14.8. The van der Waals surface area contributed by atoms with Crippen LogP contribution in [0.25, 0.3) is 0 Å². The van der Waals surface area contributed by atoms with Crippen LogP contribution in [-0.2, 0) is 29.6 Å². The first-order valence-electron chi connectivity index (χ1n) is 19.9. The number of halogens is 2. The van der Waals surface area contributed by atoms with Crippen molar-refractivity contribution in [1.82, 2.24) is 9.80 Å². The summed E-state index contributed by atoms with van der Waals surface area (Å²) in [6, 6.07) is 17.2. The van der Waals surface area contributed by atoms with Crippen LogP contribution in [-0.4, -0.2) is 89.6 Å². The van der Waals surface area contributed by atoms with E-state index in [0.29, 0.717) is 36.8 Å². The summed E-state index contributed by atoms with van der Waals surface area (Å²) in [6.45, 7) is 12.6. The normalized spacial score (nSPS) is 22.8. The molecule has 0 radical (unpaired) electrons. The molecule has 0 spiro atoms. The Morgan fingerprint density at radius 1 is 0.929 bits per heavy atom. The Kier molecular flexibility index (Phi) is 11.7. The molecule has 3 aromatic carbocycles. The molecule has 12 heteroatoms. The van der Waals surface area contributed by atoms with E-state index in [-0.39, 0.29) is 44.2 Å². The first-order valence-corrected chi connectivity index (χ1v) is 21.4. The van der Waals surface area contributed by atoms with Crippen LogP contribution in [0, 0.1) is 34.8 Å². The third-order valence-electron chi connectivity index (χ3n) is 13.0. The van der Waals surface area contributed by atoms with Crippen molar-refractivity contribution < 1.29 is 31.5 Å². The molecule has 56 heavy (non-hydrogen) atoms. The van der Waals surface area contributed by atoms with Crippen molar-refractivity contribution in [3.63, 3.8) is 0 Å². The zero-order valence-corrected chi connectivity index (χ0v) is 33.3. The van der Waals surface area contributed by atoms with Crippen molar-refractivity contribution in [1.29, 1.82) is 0 Å². The first-order chi connectivity index (χ1) is 26.8. The number of methoxy groups -OCH3 is 1. The average Bonchev–Trinajstić information content (AvgIpc) is 3.62. The molecular weight excluding hydrogens is 735 g/mol. The van der Waals surface area contributed by atoms with Gasteiger partial charge in [-0.25, -0.2) is 17.2 Å². The molecule has 3 heterocycles. The summed E-state index contributed by atoms with van der Waals surface area (Å²) in [5.74, 6) is -0.674. The highest BCUT2D eigenvalue weighted by Crippen LogP contribution is 2.54. The molecule has 1 saturated carbocycles. The van der Waals surface area contributed by atoms with Gasteiger partial charge in [-0.2, -0.15) is 0 Å². The zero-order chi connectivity index (χ0) is 39.7. The summed E-state index contributed by atoms with van der Waals surface area (Å²) in [7, 11) is -2.58. The van der Waals surface area contributed by atoms with Gasteiger partial charge in [-0.1, -0.05) is 38.1 Å². The monoisotopic (exact) mass is 788 g/mol. The van der Waals surface area contributed by atoms with E-state index in [1.807, 2.05) is 11.0 Å². The maximum Gasteiger partial charge on any atom is 0.305 e. The number of hydrogen-bond acceptors (Lipinski definition) is 8. The topological polar surface area (TPSA) is 99.3 Å². The second kappa shape index (κ2) is 16.4. The minimum atomic E-state index is -4.04. The van der Waals surface area contributed by atoms with Crippen molar-refractivity contribution >= 4 is 33.1 Å². The van der Waals surface area contributed by atoms with E-state index < -0.39 is 21.6 Å². The highest BCUT2D eigenvalue weighted by molar-refractivity contribution is 7.91. The summed E-state index contributed by atoms with van der Waals surface area (Å²) >= 11 is 0. The number of likely N-dealkylation sites (tertiary alicyclic amines) is 2. The van der Waals surface area contributed by atoms with Gasteiger partial charge in [0.25, 0.3) is 0 Å². The van der Waals surface area contributed by atoms with Gasteiger partial charge >= 0.3 is 5.97 Å². The minimum Gasteiger partial charge on any atom is -0.469 e. The fraction of sp³-hybridized carbons (Fsp3) is 0.500. The van der Waals surface area contributed by atoms with Crippen LogP contribution < -0.4 is 10.2 Å². The maximum atomic E-state index is 15.6. The number of carbonyl (C=O) groups excluding carboxylic acids is 2. The average molecular weight is 789 g/mol. The Morgan fingerprint density at radius 2 is 1.66 bits per heavy atom. The summed E-state index contributed by atoms with van der Waals surface area (Å²) in [6.07, 6.45) is 7.67. The van der Waals surface area contributed by atoms with Crippen LogP contribution in [0.5, 0.6) is 0 Å². The Hall–Kier alpha value is -4.13. The van der Waals surface area contributed by atoms with E-state index in [2.05, 4.69) is 34.7 Å². The Labute approximate surface area is 330 Å². The SMILES string of the molecule is C=CC(=O)Nc1cccc(S(=O)(=O)c2ccc(N3CC(C)(CN4CCC([C@@](CN5CCC5)(c5cccc(F)c5)[C@H]5CCC[C@@H]5CC(=O)OC)CC4)C3)c(F)c2)c1. The molecule has 4 fully saturated rings. The van der Waals surface area contributed by atoms with Gasteiger partial charge in [-0.05, 0) is 136 Å². The molecule has 1 N–H and O–H groups in total. The van der Waals surface area contributed by atoms with Crippen LogP contribution in [0.15, 0.2) is 89.2 Å². The number of nitrogens with one attached hydrogen (secondary N) is 1. The second-order valence-electron chi connectivity index (χ2n) is 16.8. The number of amides is 1. The van der Waals surface area contributed by atoms with Crippen molar-refractivity contribution in [2.45, 2.75) is 67.1 Å². The minimum absolute atomic E-state index is 0.0511. The van der Waals surface area contributed by atoms with Crippen LogP contribution >= 0.6 is 0 Å². The van der Waals surface area contributed by atoms with Crippen LogP contribution in [0.2, 0.25) is 0 Å². The quantitative estimate of drug-likeness (QED) is 0.137. The van der Waals surface area contributed by atoms with Gasteiger partial charge in [0.2, 0.25) is 15.7 Å². The number of sulfone groups is 1. The van der Waals surface area contributed by atoms with Crippen LogP contribution in [0.1, 0.15) is 57.4 Å². The number of hydrogen-bond donors (Lipinski definition) is 1. The largest absolute Gasteiger partial charge is 0.469 e. The highest BCUT2D eigenvalue weighted by atomic mass is 32.2. The highest BCUT2D eigenvalue weighted by Gasteiger charge is 2.53. The number of ether oxygens (including phenoxy) is 1. The lowest BCUT2D eigenvalue weighted by molar-refractivity contribution is -0.142. The molecule has 9 nitrogen and oxygen atoms in total. The van der Waals surface area contributed by atoms with Crippen LogP contribution in [0.4, 0.5) is 20.2 Å². The molecule has 300 valence electrons. The molecular formula is C44H54F2N4O5S. The molecule has 1 aliphatic carbocycles. The molecule has 7 rings (SSSR count). The molecule has 3 saturated heterocycles. The summed E-state index contributed by atoms with van der Waals surface area (Å²) < 4.78 is 62.7. The van der Waals surface area contributed by atoms with Gasteiger partial charge < -0.3 is 24.8 Å². The lowest BCUT2D eigenvalue weighted by Crippen LogP contribution is -2.61. The number of carbonyl (C=O) groups is 2. The molecule has 3 atom stereocenters. The lowest BCUT2D eigenvalue weighted by atomic mass is 9.56. The second-order valence-corrected chi connectivity index (χ2v) is 18.8. The fourth-order valence-electron chi connectivity index (χ4n) is 10.3. The van der Waals surface area contributed by atoms with Gasteiger partial charge in [0.1, 0.15) is 11.6 Å². The molecule has 1 amide bonds. The Morgan fingerprint density at radius 3 is 2.32 bits per heavy atom. The lowest BCUT2D eigenvalue weighted by Gasteiger charge is -2.55. The first kappa shape index (κ1) is 40.1.